The molecule has 2 aromatic rings. The van der Waals surface area contributed by atoms with E-state index in [1.54, 1.807) is 0 Å². The Bertz CT molecular complexity index is 582. The Hall–Kier alpha value is -2.03. The van der Waals surface area contributed by atoms with Gasteiger partial charge in [0, 0.05) is 11.5 Å². The van der Waals surface area contributed by atoms with Crippen LogP contribution in [0.3, 0.4) is 0 Å². The Labute approximate surface area is 100 Å². The molecule has 0 unspecified atom stereocenters. The first kappa shape index (κ1) is 10.1. The van der Waals surface area contributed by atoms with Gasteiger partial charge in [0.2, 0.25) is 5.88 Å². The molecular formula is C14H14N2O. The van der Waals surface area contributed by atoms with Crippen molar-refractivity contribution in [1.82, 2.24) is 9.97 Å². The van der Waals surface area contributed by atoms with Gasteiger partial charge in [0.15, 0.2) is 0 Å². The number of aromatic amines is 1. The molecule has 0 fully saturated rings. The van der Waals surface area contributed by atoms with Crippen LogP contribution in [0, 0.1) is 0 Å². The van der Waals surface area contributed by atoms with Gasteiger partial charge in [0.25, 0.3) is 0 Å². The summed E-state index contributed by atoms with van der Waals surface area (Å²) in [7, 11) is 0. The molecule has 17 heavy (non-hydrogen) atoms. The molecule has 1 aromatic carbocycles. The summed E-state index contributed by atoms with van der Waals surface area (Å²) in [5.41, 5.74) is 2.01. The number of H-pyrrole nitrogens is 1. The SMILES string of the molecule is CC(C)c1nc2c([nH]1)C=Cc1ccccc1O2. The van der Waals surface area contributed by atoms with Crippen molar-refractivity contribution in [2.24, 2.45) is 0 Å². The van der Waals surface area contributed by atoms with E-state index in [9.17, 15) is 0 Å². The maximum absolute atomic E-state index is 5.83. The van der Waals surface area contributed by atoms with Gasteiger partial charge in [-0.3, -0.25) is 0 Å². The molecule has 0 spiro atoms. The van der Waals surface area contributed by atoms with Crippen LogP contribution in [-0.4, -0.2) is 9.97 Å². The number of imidazole rings is 1. The summed E-state index contributed by atoms with van der Waals surface area (Å²) in [5, 5.41) is 0. The minimum absolute atomic E-state index is 0.370. The van der Waals surface area contributed by atoms with Crippen molar-refractivity contribution in [3.8, 4) is 11.6 Å². The van der Waals surface area contributed by atoms with Gasteiger partial charge in [-0.15, -0.1) is 0 Å². The molecule has 1 aliphatic rings. The molecule has 3 heteroatoms. The monoisotopic (exact) mass is 226 g/mol. The second-order valence-electron chi connectivity index (χ2n) is 4.47. The summed E-state index contributed by atoms with van der Waals surface area (Å²) < 4.78 is 5.83. The third-order valence-corrected chi connectivity index (χ3v) is 2.82. The lowest BCUT2D eigenvalue weighted by Gasteiger charge is -2.04. The molecule has 1 aromatic heterocycles. The highest BCUT2D eigenvalue weighted by molar-refractivity contribution is 5.75. The van der Waals surface area contributed by atoms with Gasteiger partial charge in [-0.05, 0) is 18.2 Å². The smallest absolute Gasteiger partial charge is 0.245 e. The van der Waals surface area contributed by atoms with Gasteiger partial charge < -0.3 is 9.72 Å². The van der Waals surface area contributed by atoms with Crippen LogP contribution >= 0.6 is 0 Å². The summed E-state index contributed by atoms with van der Waals surface area (Å²) in [6.07, 6.45) is 4.06. The lowest BCUT2D eigenvalue weighted by Crippen LogP contribution is -1.90. The number of fused-ring (bicyclic) bond motifs is 2. The highest BCUT2D eigenvalue weighted by atomic mass is 16.5. The third kappa shape index (κ3) is 1.73. The van der Waals surface area contributed by atoms with Crippen molar-refractivity contribution >= 4 is 12.2 Å². The maximum Gasteiger partial charge on any atom is 0.245 e. The first-order valence-electron chi connectivity index (χ1n) is 5.79. The summed E-state index contributed by atoms with van der Waals surface area (Å²) in [5.74, 6) is 2.84. The first-order chi connectivity index (χ1) is 8.24. The zero-order valence-corrected chi connectivity index (χ0v) is 9.90. The van der Waals surface area contributed by atoms with Gasteiger partial charge in [0.1, 0.15) is 17.3 Å². The highest BCUT2D eigenvalue weighted by Gasteiger charge is 2.16. The van der Waals surface area contributed by atoms with Crippen molar-refractivity contribution in [2.45, 2.75) is 19.8 Å². The Morgan fingerprint density at radius 3 is 2.82 bits per heavy atom. The number of nitrogens with zero attached hydrogens (tertiary/aromatic N) is 1. The number of aromatic nitrogens is 2. The lowest BCUT2D eigenvalue weighted by molar-refractivity contribution is 0.463. The van der Waals surface area contributed by atoms with Crippen LogP contribution in [-0.2, 0) is 0 Å². The van der Waals surface area contributed by atoms with Gasteiger partial charge >= 0.3 is 0 Å². The van der Waals surface area contributed by atoms with Gasteiger partial charge in [0.05, 0.1) is 0 Å². The summed E-state index contributed by atoms with van der Waals surface area (Å²) in [6, 6.07) is 7.95. The number of nitrogens with one attached hydrogen (secondary N) is 1. The van der Waals surface area contributed by atoms with Crippen molar-refractivity contribution in [2.75, 3.05) is 0 Å². The number of para-hydroxylation sites is 1. The Morgan fingerprint density at radius 1 is 1.18 bits per heavy atom. The number of hydrogen-bond acceptors (Lipinski definition) is 2. The van der Waals surface area contributed by atoms with Gasteiger partial charge in [-0.25, -0.2) is 0 Å². The van der Waals surface area contributed by atoms with Crippen molar-refractivity contribution < 1.29 is 4.74 Å². The average Bonchev–Trinajstić information content (AvgIpc) is 2.64. The maximum atomic E-state index is 5.83. The second-order valence-corrected chi connectivity index (χ2v) is 4.47. The number of rotatable bonds is 1. The predicted molar refractivity (Wildman–Crippen MR) is 68.1 cm³/mol. The van der Waals surface area contributed by atoms with E-state index in [-0.39, 0.29) is 0 Å². The Kier molecular flexibility index (Phi) is 2.25. The second kappa shape index (κ2) is 3.77. The van der Waals surface area contributed by atoms with Crippen molar-refractivity contribution in [3.63, 3.8) is 0 Å². The van der Waals surface area contributed by atoms with E-state index in [1.165, 1.54) is 0 Å². The number of benzene rings is 1. The molecule has 0 bridgehead atoms. The van der Waals surface area contributed by atoms with Crippen LogP contribution in [0.1, 0.15) is 36.8 Å². The van der Waals surface area contributed by atoms with E-state index >= 15 is 0 Å². The molecule has 1 N–H and O–H groups in total. The fourth-order valence-electron chi connectivity index (χ4n) is 1.84. The fraction of sp³-hybridized carbons (Fsp3) is 0.214. The topological polar surface area (TPSA) is 37.9 Å². The van der Waals surface area contributed by atoms with Gasteiger partial charge in [-0.1, -0.05) is 32.0 Å². The van der Waals surface area contributed by atoms with Crippen LogP contribution in [0.15, 0.2) is 24.3 Å². The summed E-state index contributed by atoms with van der Waals surface area (Å²) >= 11 is 0. The molecule has 2 heterocycles. The summed E-state index contributed by atoms with van der Waals surface area (Å²) in [6.45, 7) is 4.21. The predicted octanol–water partition coefficient (Wildman–Crippen LogP) is 3.81. The zero-order chi connectivity index (χ0) is 11.8. The van der Waals surface area contributed by atoms with E-state index in [1.807, 2.05) is 36.4 Å². The molecule has 0 radical (unpaired) electrons. The van der Waals surface area contributed by atoms with Gasteiger partial charge in [-0.2, -0.15) is 4.98 Å². The molecule has 1 aliphatic heterocycles. The average molecular weight is 226 g/mol. The molecular weight excluding hydrogens is 212 g/mol. The molecule has 86 valence electrons. The van der Waals surface area contributed by atoms with E-state index in [2.05, 4.69) is 23.8 Å². The molecule has 0 saturated heterocycles. The highest BCUT2D eigenvalue weighted by Crippen LogP contribution is 2.33. The quantitative estimate of drug-likeness (QED) is 0.685. The van der Waals surface area contributed by atoms with Crippen molar-refractivity contribution in [3.05, 3.63) is 41.3 Å². The molecule has 0 atom stereocenters. The molecule has 3 nitrogen and oxygen atoms in total. The standard InChI is InChI=1S/C14H14N2O/c1-9(2)13-15-11-8-7-10-5-3-4-6-12(10)17-14(11)16-13/h3-9H,1-2H3,(H,15,16). The van der Waals surface area contributed by atoms with Crippen LogP contribution in [0.5, 0.6) is 11.6 Å². The largest absolute Gasteiger partial charge is 0.436 e. The Balaban J connectivity index is 2.08. The molecule has 0 saturated carbocycles. The third-order valence-electron chi connectivity index (χ3n) is 2.82. The van der Waals surface area contributed by atoms with Crippen LogP contribution in [0.2, 0.25) is 0 Å². The first-order valence-corrected chi connectivity index (χ1v) is 5.79. The Morgan fingerprint density at radius 2 is 2.00 bits per heavy atom. The van der Waals surface area contributed by atoms with E-state index in [4.69, 9.17) is 4.74 Å². The zero-order valence-electron chi connectivity index (χ0n) is 9.90. The lowest BCUT2D eigenvalue weighted by atomic mass is 10.2. The van der Waals surface area contributed by atoms with E-state index in [0.29, 0.717) is 11.8 Å². The fourth-order valence-corrected chi connectivity index (χ4v) is 1.84. The number of hydrogen-bond donors (Lipinski definition) is 1. The van der Waals surface area contributed by atoms with Crippen LogP contribution in [0.25, 0.3) is 12.2 Å². The minimum atomic E-state index is 0.370. The summed E-state index contributed by atoms with van der Waals surface area (Å²) in [4.78, 5) is 7.77. The number of ether oxygens (including phenoxy) is 1. The van der Waals surface area contributed by atoms with Crippen LogP contribution < -0.4 is 4.74 Å². The molecule has 3 rings (SSSR count). The van der Waals surface area contributed by atoms with Crippen LogP contribution in [0.4, 0.5) is 0 Å². The van der Waals surface area contributed by atoms with Crippen molar-refractivity contribution in [1.29, 1.82) is 0 Å². The normalized spacial score (nSPS) is 12.9. The molecule has 0 amide bonds. The van der Waals surface area contributed by atoms with E-state index < -0.39 is 0 Å². The van der Waals surface area contributed by atoms with E-state index in [0.717, 1.165) is 22.8 Å². The minimum Gasteiger partial charge on any atom is -0.436 e. The molecule has 0 aliphatic carbocycles.